The molecule has 4 unspecified atom stereocenters. The van der Waals surface area contributed by atoms with E-state index in [0.717, 1.165) is 11.1 Å². The van der Waals surface area contributed by atoms with E-state index in [1.165, 1.54) is 16.7 Å². The van der Waals surface area contributed by atoms with Crippen molar-refractivity contribution in [2.45, 2.75) is 63.7 Å². The number of hydrogen-bond acceptors (Lipinski definition) is 7. The lowest BCUT2D eigenvalue weighted by Gasteiger charge is -2.30. The van der Waals surface area contributed by atoms with Crippen LogP contribution < -0.4 is 16.0 Å². The molecule has 5 atom stereocenters. The van der Waals surface area contributed by atoms with E-state index < -0.39 is 59.6 Å². The van der Waals surface area contributed by atoms with Crippen molar-refractivity contribution in [3.63, 3.8) is 0 Å². The SMILES string of the molecule is CCC(C)C(NC(=O)C(=O)C(Cc1ccccc1)NC(=O)C(Cc1ccccc1)NC(=O)Cc1ccccc1)C(=O)N1CSC[C@H]1C(=O)O. The minimum atomic E-state index is -1.33. The van der Waals surface area contributed by atoms with Gasteiger partial charge in [0.2, 0.25) is 23.5 Å². The summed E-state index contributed by atoms with van der Waals surface area (Å²) in [6, 6.07) is 22.5. The second-order valence-electron chi connectivity index (χ2n) is 12.1. The topological polar surface area (TPSA) is 162 Å². The van der Waals surface area contributed by atoms with Gasteiger partial charge in [0.1, 0.15) is 24.2 Å². The molecule has 0 radical (unpaired) electrons. The lowest BCUT2D eigenvalue weighted by atomic mass is 9.96. The largest absolute Gasteiger partial charge is 0.480 e. The molecule has 0 aliphatic carbocycles. The Morgan fingerprint density at radius 1 is 0.776 bits per heavy atom. The third-order valence-electron chi connectivity index (χ3n) is 8.50. The number of carboxylic acids is 1. The number of hydrogen-bond donors (Lipinski definition) is 4. The van der Waals surface area contributed by atoms with E-state index in [9.17, 15) is 33.9 Å². The van der Waals surface area contributed by atoms with E-state index >= 15 is 0 Å². The number of amides is 4. The Hall–Kier alpha value is -4.97. The molecular weight excluding hydrogens is 644 g/mol. The number of nitrogens with one attached hydrogen (secondary N) is 3. The fourth-order valence-corrected chi connectivity index (χ4v) is 6.67. The average molecular weight is 687 g/mol. The zero-order valence-electron chi connectivity index (χ0n) is 27.5. The second-order valence-corrected chi connectivity index (χ2v) is 13.1. The molecule has 0 saturated carbocycles. The fourth-order valence-electron chi connectivity index (χ4n) is 5.51. The van der Waals surface area contributed by atoms with Gasteiger partial charge in [-0.15, -0.1) is 11.8 Å². The van der Waals surface area contributed by atoms with Gasteiger partial charge in [-0.25, -0.2) is 4.79 Å². The van der Waals surface area contributed by atoms with Gasteiger partial charge in [0.15, 0.2) is 0 Å². The Bertz CT molecular complexity index is 1610. The van der Waals surface area contributed by atoms with Gasteiger partial charge in [-0.3, -0.25) is 24.0 Å². The van der Waals surface area contributed by atoms with Gasteiger partial charge in [-0.05, 0) is 22.6 Å². The Morgan fingerprint density at radius 3 is 1.84 bits per heavy atom. The van der Waals surface area contributed by atoms with Gasteiger partial charge in [-0.2, -0.15) is 0 Å². The molecule has 11 nitrogen and oxygen atoms in total. The van der Waals surface area contributed by atoms with Crippen LogP contribution in [0, 0.1) is 5.92 Å². The summed E-state index contributed by atoms with van der Waals surface area (Å²) in [5.41, 5.74) is 2.22. The number of Topliss-reactive ketones (excluding diaryl/α,β-unsaturated/α-hetero) is 1. The second kappa shape index (κ2) is 18.0. The molecule has 3 aromatic rings. The number of carbonyl (C=O) groups is 6. The van der Waals surface area contributed by atoms with Crippen LogP contribution in [0.25, 0.3) is 0 Å². The van der Waals surface area contributed by atoms with Gasteiger partial charge in [0.05, 0.1) is 12.3 Å². The van der Waals surface area contributed by atoms with Gasteiger partial charge in [0, 0.05) is 18.6 Å². The van der Waals surface area contributed by atoms with Crippen molar-refractivity contribution in [3.8, 4) is 0 Å². The maximum Gasteiger partial charge on any atom is 0.327 e. The van der Waals surface area contributed by atoms with Crippen molar-refractivity contribution >= 4 is 47.1 Å². The summed E-state index contributed by atoms with van der Waals surface area (Å²) >= 11 is 1.30. The summed E-state index contributed by atoms with van der Waals surface area (Å²) in [6.07, 6.45) is 0.616. The zero-order chi connectivity index (χ0) is 35.3. The number of carbonyl (C=O) groups excluding carboxylic acids is 5. The van der Waals surface area contributed by atoms with E-state index in [1.807, 2.05) is 55.5 Å². The van der Waals surface area contributed by atoms with Crippen molar-refractivity contribution in [1.82, 2.24) is 20.9 Å². The van der Waals surface area contributed by atoms with Crippen LogP contribution >= 0.6 is 11.8 Å². The van der Waals surface area contributed by atoms with Crippen LogP contribution in [0.3, 0.4) is 0 Å². The lowest BCUT2D eigenvalue weighted by Crippen LogP contribution is -2.59. The Kier molecular flexibility index (Phi) is 13.5. The van der Waals surface area contributed by atoms with E-state index in [-0.39, 0.29) is 36.8 Å². The zero-order valence-corrected chi connectivity index (χ0v) is 28.4. The number of carboxylic acid groups (broad SMARTS) is 1. The highest BCUT2D eigenvalue weighted by atomic mass is 32.2. The highest BCUT2D eigenvalue weighted by Crippen LogP contribution is 2.24. The molecule has 4 N–H and O–H groups in total. The third kappa shape index (κ3) is 10.5. The molecule has 4 amide bonds. The van der Waals surface area contributed by atoms with Gasteiger partial charge >= 0.3 is 5.97 Å². The summed E-state index contributed by atoms with van der Waals surface area (Å²) in [4.78, 5) is 81.0. The molecule has 4 rings (SSSR count). The molecule has 3 aromatic carbocycles. The van der Waals surface area contributed by atoms with Crippen molar-refractivity contribution in [1.29, 1.82) is 0 Å². The molecular formula is C37H42N4O7S. The highest BCUT2D eigenvalue weighted by Gasteiger charge is 2.41. The van der Waals surface area contributed by atoms with Crippen molar-refractivity contribution in [3.05, 3.63) is 108 Å². The van der Waals surface area contributed by atoms with E-state index in [2.05, 4.69) is 16.0 Å². The van der Waals surface area contributed by atoms with Gasteiger partial charge in [0.25, 0.3) is 5.91 Å². The summed E-state index contributed by atoms with van der Waals surface area (Å²) in [6.45, 7) is 3.56. The van der Waals surface area contributed by atoms with Crippen molar-refractivity contribution < 1.29 is 33.9 Å². The average Bonchev–Trinajstić information content (AvgIpc) is 3.61. The quantitative estimate of drug-likeness (QED) is 0.167. The summed E-state index contributed by atoms with van der Waals surface area (Å²) < 4.78 is 0. The fraction of sp³-hybridized carbons (Fsp3) is 0.351. The lowest BCUT2D eigenvalue weighted by molar-refractivity contribution is -0.150. The maximum absolute atomic E-state index is 13.9. The Labute approximate surface area is 290 Å². The number of rotatable bonds is 16. The van der Waals surface area contributed by atoms with Crippen molar-refractivity contribution in [2.75, 3.05) is 11.6 Å². The van der Waals surface area contributed by atoms with Crippen molar-refractivity contribution in [2.24, 2.45) is 5.92 Å². The Morgan fingerprint density at radius 2 is 1.31 bits per heavy atom. The normalized spacial score (nSPS) is 16.4. The number of aliphatic carboxylic acids is 1. The minimum absolute atomic E-state index is 0.0271. The molecule has 0 aromatic heterocycles. The van der Waals surface area contributed by atoms with Crippen LogP contribution in [0.4, 0.5) is 0 Å². The van der Waals surface area contributed by atoms with Gasteiger partial charge < -0.3 is 26.0 Å². The van der Waals surface area contributed by atoms with E-state index in [4.69, 9.17) is 0 Å². The summed E-state index contributed by atoms with van der Waals surface area (Å²) in [5.74, 6) is -4.86. The van der Waals surface area contributed by atoms with Crippen LogP contribution in [0.15, 0.2) is 91.0 Å². The monoisotopic (exact) mass is 686 g/mol. The predicted octanol–water partition coefficient (Wildman–Crippen LogP) is 2.77. The molecule has 1 saturated heterocycles. The molecule has 258 valence electrons. The first-order chi connectivity index (χ1) is 23.6. The number of ketones is 1. The number of benzene rings is 3. The van der Waals surface area contributed by atoms with Crippen LogP contribution in [0.2, 0.25) is 0 Å². The molecule has 1 heterocycles. The van der Waals surface area contributed by atoms with E-state index in [1.54, 1.807) is 49.4 Å². The molecule has 0 bridgehead atoms. The molecule has 1 aliphatic rings. The first-order valence-electron chi connectivity index (χ1n) is 16.2. The summed E-state index contributed by atoms with van der Waals surface area (Å²) in [5, 5.41) is 17.7. The van der Waals surface area contributed by atoms with Crippen LogP contribution in [-0.2, 0) is 48.0 Å². The van der Waals surface area contributed by atoms with Crippen LogP contribution in [0.1, 0.15) is 37.0 Å². The van der Waals surface area contributed by atoms with Gasteiger partial charge in [-0.1, -0.05) is 111 Å². The maximum atomic E-state index is 13.9. The van der Waals surface area contributed by atoms with Crippen LogP contribution in [0.5, 0.6) is 0 Å². The predicted molar refractivity (Wildman–Crippen MR) is 186 cm³/mol. The van der Waals surface area contributed by atoms with E-state index in [0.29, 0.717) is 12.0 Å². The smallest absolute Gasteiger partial charge is 0.327 e. The van der Waals surface area contributed by atoms with Crippen LogP contribution in [-0.4, -0.2) is 81.2 Å². The summed E-state index contributed by atoms with van der Waals surface area (Å²) in [7, 11) is 0. The molecule has 1 fully saturated rings. The third-order valence-corrected chi connectivity index (χ3v) is 9.51. The number of thioether (sulfide) groups is 1. The molecule has 0 spiro atoms. The highest BCUT2D eigenvalue weighted by molar-refractivity contribution is 7.99. The molecule has 1 aliphatic heterocycles. The molecule has 12 heteroatoms. The first kappa shape index (κ1) is 36.9. The number of nitrogens with zero attached hydrogens (tertiary/aromatic N) is 1. The Balaban J connectivity index is 1.56. The molecule has 49 heavy (non-hydrogen) atoms. The minimum Gasteiger partial charge on any atom is -0.480 e. The standard InChI is InChI=1S/C37H42N4O7S/c1-3-24(2)32(36(46)41-23-49-22-30(41)37(47)48)40-35(45)33(43)28(19-25-13-7-4-8-14-25)39-34(44)29(20-26-15-9-5-10-16-26)38-31(42)21-27-17-11-6-12-18-27/h4-18,24,28-30,32H,3,19-23H2,1-2H3,(H,38,42)(H,39,44)(H,40,45)(H,47,48)/t24?,28?,29?,30-,32?/m0/s1. The first-order valence-corrected chi connectivity index (χ1v) is 17.4.